The van der Waals surface area contributed by atoms with Crippen molar-refractivity contribution >= 4 is 17.7 Å². The van der Waals surface area contributed by atoms with Crippen molar-refractivity contribution in [2.24, 2.45) is 0 Å². The summed E-state index contributed by atoms with van der Waals surface area (Å²) in [6.45, 7) is 5.41. The molecule has 1 aliphatic heterocycles. The fourth-order valence-corrected chi connectivity index (χ4v) is 2.78. The molecule has 18 heavy (non-hydrogen) atoms. The van der Waals surface area contributed by atoms with Gasteiger partial charge in [-0.3, -0.25) is 4.79 Å². The molecule has 1 atom stereocenters. The maximum Gasteiger partial charge on any atom is 0.313 e. The molecular formula is C11H17N3O3S. The summed E-state index contributed by atoms with van der Waals surface area (Å²) >= 11 is 1.19. The number of carboxylic acid groups (broad SMARTS) is 1. The summed E-state index contributed by atoms with van der Waals surface area (Å²) in [5.41, 5.74) is -0.189. The second kappa shape index (κ2) is 5.27. The molecule has 1 aromatic heterocycles. The highest BCUT2D eigenvalue weighted by Gasteiger charge is 2.31. The minimum Gasteiger partial charge on any atom is -0.481 e. The summed E-state index contributed by atoms with van der Waals surface area (Å²) in [6, 6.07) is 0. The third kappa shape index (κ3) is 3.02. The Hall–Kier alpha value is -1.08. The number of aryl methyl sites for hydroxylation is 1. The van der Waals surface area contributed by atoms with E-state index in [0.717, 1.165) is 25.3 Å². The first-order valence-electron chi connectivity index (χ1n) is 5.88. The zero-order valence-electron chi connectivity index (χ0n) is 10.5. The molecule has 1 aliphatic rings. The van der Waals surface area contributed by atoms with Gasteiger partial charge in [0.25, 0.3) is 0 Å². The van der Waals surface area contributed by atoms with Gasteiger partial charge in [-0.2, -0.15) is 0 Å². The maximum atomic E-state index is 10.6. The number of carbonyl (C=O) groups is 1. The topological polar surface area (TPSA) is 77.2 Å². The molecule has 6 nitrogen and oxygen atoms in total. The normalized spacial score (nSPS) is 23.4. The van der Waals surface area contributed by atoms with E-state index in [9.17, 15) is 4.79 Å². The Kier molecular flexibility index (Phi) is 3.91. The summed E-state index contributed by atoms with van der Waals surface area (Å²) in [6.07, 6.45) is 2.07. The van der Waals surface area contributed by atoms with Gasteiger partial charge in [-0.05, 0) is 26.7 Å². The average molecular weight is 271 g/mol. The Morgan fingerprint density at radius 1 is 1.61 bits per heavy atom. The number of aliphatic carboxylic acids is 1. The molecule has 0 amide bonds. The molecule has 1 unspecified atom stereocenters. The Morgan fingerprint density at radius 3 is 3.00 bits per heavy atom. The van der Waals surface area contributed by atoms with Crippen molar-refractivity contribution in [1.29, 1.82) is 0 Å². The van der Waals surface area contributed by atoms with Gasteiger partial charge in [0, 0.05) is 6.61 Å². The number of carboxylic acids is 1. The van der Waals surface area contributed by atoms with Crippen LogP contribution in [0, 0.1) is 6.92 Å². The van der Waals surface area contributed by atoms with E-state index in [0.29, 0.717) is 11.7 Å². The monoisotopic (exact) mass is 271 g/mol. The summed E-state index contributed by atoms with van der Waals surface area (Å²) in [5, 5.41) is 17.4. The van der Waals surface area contributed by atoms with Crippen molar-refractivity contribution in [3.05, 3.63) is 5.82 Å². The lowest BCUT2D eigenvalue weighted by molar-refractivity contribution is -0.133. The highest BCUT2D eigenvalue weighted by Crippen LogP contribution is 2.29. The summed E-state index contributed by atoms with van der Waals surface area (Å²) in [7, 11) is 0. The van der Waals surface area contributed by atoms with E-state index in [1.807, 2.05) is 11.5 Å². The van der Waals surface area contributed by atoms with Crippen molar-refractivity contribution in [2.45, 2.75) is 44.0 Å². The summed E-state index contributed by atoms with van der Waals surface area (Å²) < 4.78 is 7.69. The molecule has 0 radical (unpaired) electrons. The molecule has 0 aliphatic carbocycles. The van der Waals surface area contributed by atoms with E-state index in [-0.39, 0.29) is 11.4 Å². The first-order chi connectivity index (χ1) is 8.50. The van der Waals surface area contributed by atoms with Crippen LogP contribution in [0.1, 0.15) is 25.6 Å². The number of thioether (sulfide) groups is 1. The van der Waals surface area contributed by atoms with Crippen LogP contribution in [0.15, 0.2) is 5.16 Å². The predicted octanol–water partition coefficient (Wildman–Crippen LogP) is 1.33. The molecule has 0 saturated carbocycles. The molecule has 2 rings (SSSR count). The van der Waals surface area contributed by atoms with Crippen molar-refractivity contribution in [3.8, 4) is 0 Å². The molecule has 2 heterocycles. The minimum absolute atomic E-state index is 0.00426. The van der Waals surface area contributed by atoms with Crippen molar-refractivity contribution in [1.82, 2.24) is 14.8 Å². The van der Waals surface area contributed by atoms with Crippen LogP contribution in [-0.2, 0) is 16.1 Å². The molecule has 0 aromatic carbocycles. The molecule has 7 heteroatoms. The van der Waals surface area contributed by atoms with Crippen molar-refractivity contribution in [3.63, 3.8) is 0 Å². The lowest BCUT2D eigenvalue weighted by Gasteiger charge is -2.24. The van der Waals surface area contributed by atoms with Crippen LogP contribution in [0.4, 0.5) is 0 Å². The van der Waals surface area contributed by atoms with E-state index in [1.165, 1.54) is 11.8 Å². The number of aromatic nitrogens is 3. The van der Waals surface area contributed by atoms with Crippen LogP contribution in [-0.4, -0.2) is 43.8 Å². The third-order valence-corrected chi connectivity index (χ3v) is 3.97. The number of nitrogens with zero attached hydrogens (tertiary/aromatic N) is 3. The van der Waals surface area contributed by atoms with Gasteiger partial charge in [0.05, 0.1) is 17.9 Å². The van der Waals surface area contributed by atoms with E-state index < -0.39 is 5.97 Å². The van der Waals surface area contributed by atoms with Gasteiger partial charge in [-0.25, -0.2) is 0 Å². The second-order valence-corrected chi connectivity index (χ2v) is 5.64. The van der Waals surface area contributed by atoms with Gasteiger partial charge in [0.1, 0.15) is 5.82 Å². The zero-order chi connectivity index (χ0) is 13.2. The van der Waals surface area contributed by atoms with Crippen molar-refractivity contribution < 1.29 is 14.6 Å². The smallest absolute Gasteiger partial charge is 0.313 e. The summed E-state index contributed by atoms with van der Waals surface area (Å²) in [5.74, 6) is -0.0643. The fraction of sp³-hybridized carbons (Fsp3) is 0.727. The largest absolute Gasteiger partial charge is 0.481 e. The molecule has 1 saturated heterocycles. The van der Waals surface area contributed by atoms with Crippen LogP contribution >= 0.6 is 11.8 Å². The van der Waals surface area contributed by atoms with Crippen molar-refractivity contribution in [2.75, 3.05) is 12.4 Å². The lowest BCUT2D eigenvalue weighted by atomic mass is 10.0. The van der Waals surface area contributed by atoms with Crippen LogP contribution in [0.5, 0.6) is 0 Å². The molecule has 0 bridgehead atoms. The van der Waals surface area contributed by atoms with Crippen LogP contribution in [0.2, 0.25) is 0 Å². The Morgan fingerprint density at radius 2 is 2.39 bits per heavy atom. The number of hydrogen-bond acceptors (Lipinski definition) is 5. The molecule has 1 aromatic rings. The van der Waals surface area contributed by atoms with Crippen LogP contribution < -0.4 is 0 Å². The minimum atomic E-state index is -0.851. The average Bonchev–Trinajstić information content (AvgIpc) is 2.86. The van der Waals surface area contributed by atoms with Crippen LogP contribution in [0.25, 0.3) is 0 Å². The highest BCUT2D eigenvalue weighted by molar-refractivity contribution is 7.99. The van der Waals surface area contributed by atoms with E-state index in [4.69, 9.17) is 9.84 Å². The predicted molar refractivity (Wildman–Crippen MR) is 66.7 cm³/mol. The quantitative estimate of drug-likeness (QED) is 0.814. The highest BCUT2D eigenvalue weighted by atomic mass is 32.2. The molecule has 0 spiro atoms. The molecule has 100 valence electrons. The molecular weight excluding hydrogens is 254 g/mol. The van der Waals surface area contributed by atoms with Gasteiger partial charge in [-0.15, -0.1) is 10.2 Å². The Balaban J connectivity index is 2.11. The van der Waals surface area contributed by atoms with Gasteiger partial charge in [0.2, 0.25) is 0 Å². The van der Waals surface area contributed by atoms with Gasteiger partial charge in [-0.1, -0.05) is 11.8 Å². The van der Waals surface area contributed by atoms with Gasteiger partial charge < -0.3 is 14.4 Å². The fourth-order valence-electron chi connectivity index (χ4n) is 2.07. The third-order valence-electron chi connectivity index (χ3n) is 3.02. The second-order valence-electron chi connectivity index (χ2n) is 4.70. The van der Waals surface area contributed by atoms with Gasteiger partial charge in [0.15, 0.2) is 5.16 Å². The first-order valence-corrected chi connectivity index (χ1v) is 6.87. The Bertz CT molecular complexity index is 441. The number of rotatable bonds is 5. The SMILES string of the molecule is Cc1nnc(SCC(=O)O)n1CC1(C)CCCO1. The summed E-state index contributed by atoms with van der Waals surface area (Å²) in [4.78, 5) is 10.6. The zero-order valence-corrected chi connectivity index (χ0v) is 11.4. The van der Waals surface area contributed by atoms with Gasteiger partial charge >= 0.3 is 5.97 Å². The van der Waals surface area contributed by atoms with Crippen LogP contribution in [0.3, 0.4) is 0 Å². The number of hydrogen-bond donors (Lipinski definition) is 1. The van der Waals surface area contributed by atoms with E-state index in [2.05, 4.69) is 17.1 Å². The van der Waals surface area contributed by atoms with E-state index >= 15 is 0 Å². The van der Waals surface area contributed by atoms with E-state index in [1.54, 1.807) is 0 Å². The molecule has 1 fully saturated rings. The standard InChI is InChI=1S/C11H17N3O3S/c1-8-12-13-10(18-6-9(15)16)14(8)7-11(2)4-3-5-17-11/h3-7H2,1-2H3,(H,15,16). The Labute approximate surface area is 110 Å². The molecule has 1 N–H and O–H groups in total. The maximum absolute atomic E-state index is 10.6. The lowest BCUT2D eigenvalue weighted by Crippen LogP contribution is -2.30. The first kappa shape index (κ1) is 13.4. The number of ether oxygens (including phenoxy) is 1.